The Kier molecular flexibility index (Phi) is 2.49. The third kappa shape index (κ3) is 2.13. The van der Waals surface area contributed by atoms with Crippen LogP contribution in [0.4, 0.5) is 11.6 Å². The van der Waals surface area contributed by atoms with Gasteiger partial charge in [0.1, 0.15) is 11.6 Å². The average Bonchev–Trinajstić information content (AvgIpc) is 2.09. The molecule has 0 radical (unpaired) electrons. The lowest BCUT2D eigenvalue weighted by molar-refractivity contribution is 0.967. The van der Waals surface area contributed by atoms with Crippen LogP contribution in [0.25, 0.3) is 0 Å². The van der Waals surface area contributed by atoms with Gasteiger partial charge in [-0.3, -0.25) is 0 Å². The quantitative estimate of drug-likeness (QED) is 0.621. The second-order valence-corrected chi connectivity index (χ2v) is 2.38. The molecule has 1 rings (SSSR count). The molecule has 0 amide bonds. The molecule has 0 spiro atoms. The average molecular weight is 162 g/mol. The van der Waals surface area contributed by atoms with Crippen LogP contribution >= 0.6 is 0 Å². The summed E-state index contributed by atoms with van der Waals surface area (Å²) < 4.78 is 0. The van der Waals surface area contributed by atoms with Crippen molar-refractivity contribution in [3.8, 4) is 12.3 Å². The molecule has 0 fully saturated rings. The Hall–Kier alpha value is -1.76. The number of nitrogens with zero attached hydrogens (tertiary/aromatic N) is 2. The van der Waals surface area contributed by atoms with Gasteiger partial charge in [-0.2, -0.15) is 0 Å². The number of aromatic nitrogens is 2. The molecule has 0 aliphatic rings. The number of terminal acetylenes is 1. The molecule has 0 saturated heterocycles. The first-order valence-electron chi connectivity index (χ1n) is 3.54. The zero-order chi connectivity index (χ0) is 8.97. The number of nitrogen functional groups attached to an aromatic ring is 1. The zero-order valence-corrected chi connectivity index (χ0v) is 6.78. The number of hydrogen-bond donors (Lipinski definition) is 2. The fourth-order valence-corrected chi connectivity index (χ4v) is 0.683. The summed E-state index contributed by atoms with van der Waals surface area (Å²) in [5.41, 5.74) is 5.35. The van der Waals surface area contributed by atoms with Gasteiger partial charge in [0.05, 0.1) is 6.04 Å². The molecule has 0 aromatic carbocycles. The maximum absolute atomic E-state index is 5.35. The van der Waals surface area contributed by atoms with Crippen molar-refractivity contribution in [3.63, 3.8) is 0 Å². The van der Waals surface area contributed by atoms with Crippen LogP contribution in [0.15, 0.2) is 12.1 Å². The summed E-state index contributed by atoms with van der Waals surface area (Å²) in [6, 6.07) is 3.34. The Morgan fingerprint density at radius 2 is 2.33 bits per heavy atom. The highest BCUT2D eigenvalue weighted by molar-refractivity contribution is 5.40. The van der Waals surface area contributed by atoms with E-state index in [0.29, 0.717) is 11.6 Å². The van der Waals surface area contributed by atoms with Crippen molar-refractivity contribution >= 4 is 11.6 Å². The molecule has 1 heterocycles. The monoisotopic (exact) mass is 162 g/mol. The van der Waals surface area contributed by atoms with Gasteiger partial charge in [-0.25, -0.2) is 0 Å². The summed E-state index contributed by atoms with van der Waals surface area (Å²) in [5, 5.41) is 10.4. The van der Waals surface area contributed by atoms with Gasteiger partial charge in [0.15, 0.2) is 0 Å². The van der Waals surface area contributed by atoms with E-state index in [9.17, 15) is 0 Å². The van der Waals surface area contributed by atoms with Crippen LogP contribution in [0, 0.1) is 12.3 Å². The molecule has 4 nitrogen and oxygen atoms in total. The second kappa shape index (κ2) is 3.58. The van der Waals surface area contributed by atoms with Gasteiger partial charge in [0.2, 0.25) is 0 Å². The molecule has 0 saturated carbocycles. The minimum absolute atomic E-state index is 0.0528. The highest BCUT2D eigenvalue weighted by Crippen LogP contribution is 2.03. The van der Waals surface area contributed by atoms with E-state index in [-0.39, 0.29) is 6.04 Å². The predicted molar refractivity (Wildman–Crippen MR) is 48.4 cm³/mol. The SMILES string of the molecule is C#CC(C)Nc1ccc(N)nn1. The Morgan fingerprint density at radius 3 is 2.83 bits per heavy atom. The first kappa shape index (κ1) is 8.34. The number of rotatable bonds is 2. The van der Waals surface area contributed by atoms with Gasteiger partial charge in [0, 0.05) is 0 Å². The molecule has 1 aromatic rings. The normalized spacial score (nSPS) is 11.7. The second-order valence-electron chi connectivity index (χ2n) is 2.38. The standard InChI is InChI=1S/C8H10N4/c1-3-6(2)10-8-5-4-7(9)11-12-8/h1,4-6H,2H3,(H2,9,11)(H,10,12). The van der Waals surface area contributed by atoms with E-state index in [1.54, 1.807) is 12.1 Å². The third-order valence-corrected chi connectivity index (χ3v) is 1.30. The number of anilines is 2. The summed E-state index contributed by atoms with van der Waals surface area (Å²) in [6.45, 7) is 1.86. The van der Waals surface area contributed by atoms with Crippen molar-refractivity contribution < 1.29 is 0 Å². The fraction of sp³-hybridized carbons (Fsp3) is 0.250. The van der Waals surface area contributed by atoms with Crippen LogP contribution in [0.5, 0.6) is 0 Å². The highest BCUT2D eigenvalue weighted by Gasteiger charge is 1.97. The summed E-state index contributed by atoms with van der Waals surface area (Å²) in [6.07, 6.45) is 5.16. The Morgan fingerprint density at radius 1 is 1.58 bits per heavy atom. The van der Waals surface area contributed by atoms with Crippen LogP contribution in [0.1, 0.15) is 6.92 Å². The molecular weight excluding hydrogens is 152 g/mol. The summed E-state index contributed by atoms with van der Waals surface area (Å²) in [7, 11) is 0. The molecule has 1 atom stereocenters. The Bertz CT molecular complexity index is 285. The molecule has 4 heteroatoms. The molecule has 12 heavy (non-hydrogen) atoms. The van der Waals surface area contributed by atoms with E-state index in [1.807, 2.05) is 6.92 Å². The molecule has 62 valence electrons. The van der Waals surface area contributed by atoms with E-state index < -0.39 is 0 Å². The zero-order valence-electron chi connectivity index (χ0n) is 6.78. The minimum Gasteiger partial charge on any atom is -0.382 e. The Balaban J connectivity index is 2.66. The maximum atomic E-state index is 5.35. The van der Waals surface area contributed by atoms with Crippen LogP contribution in [0.3, 0.4) is 0 Å². The van der Waals surface area contributed by atoms with E-state index >= 15 is 0 Å². The summed E-state index contributed by atoms with van der Waals surface area (Å²) >= 11 is 0. The lowest BCUT2D eigenvalue weighted by atomic mass is 10.3. The molecule has 3 N–H and O–H groups in total. The first-order valence-corrected chi connectivity index (χ1v) is 3.54. The van der Waals surface area contributed by atoms with Gasteiger partial charge < -0.3 is 11.1 Å². The van der Waals surface area contributed by atoms with Crippen LogP contribution in [-0.2, 0) is 0 Å². The number of nitrogens with two attached hydrogens (primary N) is 1. The van der Waals surface area contributed by atoms with Crippen LogP contribution < -0.4 is 11.1 Å². The van der Waals surface area contributed by atoms with Gasteiger partial charge in [-0.1, -0.05) is 5.92 Å². The lowest BCUT2D eigenvalue weighted by Crippen LogP contribution is -2.13. The van der Waals surface area contributed by atoms with Gasteiger partial charge in [-0.05, 0) is 19.1 Å². The first-order chi connectivity index (χ1) is 5.72. The van der Waals surface area contributed by atoms with E-state index in [1.165, 1.54) is 0 Å². The Labute approximate surface area is 71.2 Å². The van der Waals surface area contributed by atoms with Gasteiger partial charge in [-0.15, -0.1) is 16.6 Å². The maximum Gasteiger partial charge on any atom is 0.149 e. The molecule has 1 unspecified atom stereocenters. The lowest BCUT2D eigenvalue weighted by Gasteiger charge is -2.06. The molecule has 0 aliphatic heterocycles. The molecule has 0 bridgehead atoms. The smallest absolute Gasteiger partial charge is 0.149 e. The van der Waals surface area contributed by atoms with Crippen molar-refractivity contribution in [3.05, 3.63) is 12.1 Å². The van der Waals surface area contributed by atoms with E-state index in [4.69, 9.17) is 12.2 Å². The predicted octanol–water partition coefficient (Wildman–Crippen LogP) is 0.492. The van der Waals surface area contributed by atoms with Gasteiger partial charge >= 0.3 is 0 Å². The number of nitrogens with one attached hydrogen (secondary N) is 1. The van der Waals surface area contributed by atoms with Gasteiger partial charge in [0.25, 0.3) is 0 Å². The third-order valence-electron chi connectivity index (χ3n) is 1.30. The van der Waals surface area contributed by atoms with Crippen molar-refractivity contribution in [2.24, 2.45) is 0 Å². The molecule has 1 aromatic heterocycles. The topological polar surface area (TPSA) is 63.8 Å². The summed E-state index contributed by atoms with van der Waals surface area (Å²) in [4.78, 5) is 0. The van der Waals surface area contributed by atoms with Crippen molar-refractivity contribution in [1.29, 1.82) is 0 Å². The van der Waals surface area contributed by atoms with E-state index in [0.717, 1.165) is 0 Å². The number of hydrogen-bond acceptors (Lipinski definition) is 4. The van der Waals surface area contributed by atoms with Crippen molar-refractivity contribution in [1.82, 2.24) is 10.2 Å². The van der Waals surface area contributed by atoms with Crippen LogP contribution in [0.2, 0.25) is 0 Å². The van der Waals surface area contributed by atoms with Crippen molar-refractivity contribution in [2.45, 2.75) is 13.0 Å². The molecular formula is C8H10N4. The fourth-order valence-electron chi connectivity index (χ4n) is 0.683. The summed E-state index contributed by atoms with van der Waals surface area (Å²) in [5.74, 6) is 3.55. The van der Waals surface area contributed by atoms with E-state index in [2.05, 4.69) is 21.4 Å². The van der Waals surface area contributed by atoms with Crippen LogP contribution in [-0.4, -0.2) is 16.2 Å². The molecule has 0 aliphatic carbocycles. The largest absolute Gasteiger partial charge is 0.382 e. The minimum atomic E-state index is -0.0528. The highest BCUT2D eigenvalue weighted by atomic mass is 15.2. The van der Waals surface area contributed by atoms with Crippen molar-refractivity contribution in [2.75, 3.05) is 11.1 Å².